The van der Waals surface area contributed by atoms with Gasteiger partial charge in [-0.2, -0.15) is 0 Å². The van der Waals surface area contributed by atoms with Gasteiger partial charge in [0.05, 0.1) is 20.6 Å². The molecular weight excluding hydrogens is 569 g/mol. The molecule has 10 heteroatoms. The Labute approximate surface area is 247 Å². The molecule has 3 aromatic rings. The summed E-state index contributed by atoms with van der Waals surface area (Å²) >= 11 is 12.7. The zero-order valence-corrected chi connectivity index (χ0v) is 25.3. The molecule has 0 radical (unpaired) electrons. The van der Waals surface area contributed by atoms with Crippen LogP contribution in [0.15, 0.2) is 77.7 Å². The van der Waals surface area contributed by atoms with Crippen molar-refractivity contribution in [2.24, 2.45) is 0 Å². The van der Waals surface area contributed by atoms with Crippen LogP contribution in [0.3, 0.4) is 0 Å². The number of hydrogen-bond acceptors (Lipinski definition) is 4. The molecule has 1 atom stereocenters. The van der Waals surface area contributed by atoms with E-state index >= 15 is 0 Å². The van der Waals surface area contributed by atoms with E-state index in [-0.39, 0.29) is 33.1 Å². The van der Waals surface area contributed by atoms with Crippen LogP contribution in [0.4, 0.5) is 5.69 Å². The Morgan fingerprint density at radius 3 is 2.25 bits per heavy atom. The Morgan fingerprint density at radius 2 is 1.60 bits per heavy atom. The number of halogens is 2. The SMILES string of the molecule is CCCCNC(=O)[C@@H](CC)N(Cc1ccccc1C)C(=O)CN(c1cccc(Cl)c1Cl)S(=O)(=O)c1ccccc1. The lowest BCUT2D eigenvalue weighted by molar-refractivity contribution is -0.140. The lowest BCUT2D eigenvalue weighted by Crippen LogP contribution is -2.52. The fraction of sp³-hybridized carbons (Fsp3) is 0.333. The molecule has 0 spiro atoms. The van der Waals surface area contributed by atoms with Crippen molar-refractivity contribution < 1.29 is 18.0 Å². The third kappa shape index (κ3) is 7.56. The van der Waals surface area contributed by atoms with Crippen LogP contribution in [0.5, 0.6) is 0 Å². The van der Waals surface area contributed by atoms with E-state index in [2.05, 4.69) is 5.32 Å². The molecule has 40 heavy (non-hydrogen) atoms. The molecule has 0 aromatic heterocycles. The first kappa shape index (κ1) is 31.5. The molecule has 3 rings (SSSR count). The average molecular weight is 605 g/mol. The van der Waals surface area contributed by atoms with Crippen molar-refractivity contribution in [3.8, 4) is 0 Å². The van der Waals surface area contributed by atoms with Crippen molar-refractivity contribution in [2.75, 3.05) is 17.4 Å². The highest BCUT2D eigenvalue weighted by atomic mass is 35.5. The maximum atomic E-state index is 14.1. The number of rotatable bonds is 13. The summed E-state index contributed by atoms with van der Waals surface area (Å²) in [4.78, 5) is 28.8. The van der Waals surface area contributed by atoms with E-state index < -0.39 is 28.5 Å². The van der Waals surface area contributed by atoms with E-state index in [1.165, 1.54) is 23.1 Å². The summed E-state index contributed by atoms with van der Waals surface area (Å²) in [7, 11) is -4.23. The second-order valence-electron chi connectivity index (χ2n) is 9.41. The molecule has 0 bridgehead atoms. The van der Waals surface area contributed by atoms with Gasteiger partial charge in [0.1, 0.15) is 12.6 Å². The van der Waals surface area contributed by atoms with Crippen molar-refractivity contribution in [1.82, 2.24) is 10.2 Å². The number of benzene rings is 3. The fourth-order valence-corrected chi connectivity index (χ4v) is 6.21. The molecule has 0 aliphatic heterocycles. The lowest BCUT2D eigenvalue weighted by atomic mass is 10.1. The smallest absolute Gasteiger partial charge is 0.264 e. The van der Waals surface area contributed by atoms with Crippen molar-refractivity contribution in [2.45, 2.75) is 57.5 Å². The number of nitrogens with zero attached hydrogens (tertiary/aromatic N) is 2. The Balaban J connectivity index is 2.08. The van der Waals surface area contributed by atoms with Crippen LogP contribution < -0.4 is 9.62 Å². The number of aryl methyl sites for hydroxylation is 1. The van der Waals surface area contributed by atoms with Crippen molar-refractivity contribution in [3.05, 3.63) is 94.0 Å². The number of carbonyl (C=O) groups excluding carboxylic acids is 2. The van der Waals surface area contributed by atoms with Gasteiger partial charge in [-0.3, -0.25) is 13.9 Å². The summed E-state index contributed by atoms with van der Waals surface area (Å²) in [5, 5.41) is 3.08. The molecular formula is C30H35Cl2N3O4S. The van der Waals surface area contributed by atoms with Gasteiger partial charge in [0.2, 0.25) is 11.8 Å². The summed E-state index contributed by atoms with van der Waals surface area (Å²) in [6, 6.07) is 19.2. The zero-order chi connectivity index (χ0) is 29.3. The summed E-state index contributed by atoms with van der Waals surface area (Å²) in [6.07, 6.45) is 2.07. The van der Waals surface area contributed by atoms with E-state index in [1.807, 2.05) is 45.0 Å². The summed E-state index contributed by atoms with van der Waals surface area (Å²) in [5.41, 5.74) is 1.88. The minimum absolute atomic E-state index is 0.00581. The number of carbonyl (C=O) groups is 2. The second kappa shape index (κ2) is 14.5. The van der Waals surface area contributed by atoms with Crippen molar-refractivity contribution in [3.63, 3.8) is 0 Å². The number of nitrogens with one attached hydrogen (secondary N) is 1. The first-order valence-corrected chi connectivity index (χ1v) is 15.4. The van der Waals surface area contributed by atoms with Gasteiger partial charge in [-0.1, -0.05) is 92.0 Å². The van der Waals surface area contributed by atoms with E-state index in [9.17, 15) is 18.0 Å². The standard InChI is InChI=1S/C30H35Cl2N3O4S/c1-4-6-19-33-30(37)26(5-2)34(20-23-14-11-10-13-22(23)3)28(36)21-35(27-18-12-17-25(31)29(27)32)40(38,39)24-15-8-7-9-16-24/h7-18,26H,4-6,19-21H2,1-3H3,(H,33,37)/t26-/m1/s1. The zero-order valence-electron chi connectivity index (χ0n) is 22.9. The molecule has 0 saturated carbocycles. The summed E-state index contributed by atoms with van der Waals surface area (Å²) in [5.74, 6) is -0.826. The van der Waals surface area contributed by atoms with Gasteiger partial charge >= 0.3 is 0 Å². The molecule has 0 aliphatic rings. The van der Waals surface area contributed by atoms with Crippen molar-refractivity contribution >= 4 is 50.7 Å². The normalized spacial score (nSPS) is 12.0. The van der Waals surface area contributed by atoms with Gasteiger partial charge in [0.25, 0.3) is 10.0 Å². The van der Waals surface area contributed by atoms with E-state index in [4.69, 9.17) is 23.2 Å². The highest BCUT2D eigenvalue weighted by Crippen LogP contribution is 2.35. The molecule has 214 valence electrons. The quantitative estimate of drug-likeness (QED) is 0.235. The van der Waals surface area contributed by atoms with E-state index in [0.717, 1.165) is 28.3 Å². The van der Waals surface area contributed by atoms with E-state index in [1.54, 1.807) is 30.3 Å². The molecule has 7 nitrogen and oxygen atoms in total. The predicted octanol–water partition coefficient (Wildman–Crippen LogP) is 6.22. The first-order valence-electron chi connectivity index (χ1n) is 13.2. The van der Waals surface area contributed by atoms with Crippen LogP contribution in [0, 0.1) is 6.92 Å². The Bertz CT molecular complexity index is 1420. The third-order valence-electron chi connectivity index (χ3n) is 6.63. The van der Waals surface area contributed by atoms with Crippen LogP contribution in [0.25, 0.3) is 0 Å². The van der Waals surface area contributed by atoms with E-state index in [0.29, 0.717) is 13.0 Å². The number of sulfonamides is 1. The maximum absolute atomic E-state index is 14.1. The van der Waals surface area contributed by atoms with Gasteiger partial charge in [-0.25, -0.2) is 8.42 Å². The van der Waals surface area contributed by atoms with Gasteiger partial charge in [0.15, 0.2) is 0 Å². The molecule has 0 saturated heterocycles. The van der Waals surface area contributed by atoms with Crippen molar-refractivity contribution in [1.29, 1.82) is 0 Å². The molecule has 0 unspecified atom stereocenters. The molecule has 2 amide bonds. The Hall–Kier alpha value is -3.07. The minimum atomic E-state index is -4.23. The highest BCUT2D eigenvalue weighted by Gasteiger charge is 2.34. The van der Waals surface area contributed by atoms with Crippen LogP contribution in [-0.4, -0.2) is 44.3 Å². The molecule has 0 aliphatic carbocycles. The average Bonchev–Trinajstić information content (AvgIpc) is 2.94. The second-order valence-corrected chi connectivity index (χ2v) is 12.1. The maximum Gasteiger partial charge on any atom is 0.264 e. The Morgan fingerprint density at radius 1 is 0.925 bits per heavy atom. The summed E-state index contributed by atoms with van der Waals surface area (Å²) in [6.45, 7) is 5.83. The lowest BCUT2D eigenvalue weighted by Gasteiger charge is -2.33. The van der Waals surface area contributed by atoms with Gasteiger partial charge in [0, 0.05) is 13.1 Å². The summed E-state index contributed by atoms with van der Waals surface area (Å²) < 4.78 is 28.7. The number of anilines is 1. The Kier molecular flexibility index (Phi) is 11.4. The number of amides is 2. The topological polar surface area (TPSA) is 86.8 Å². The highest BCUT2D eigenvalue weighted by molar-refractivity contribution is 7.92. The molecule has 0 heterocycles. The van der Waals surface area contributed by atoms with Crippen LogP contribution in [-0.2, 0) is 26.2 Å². The fourth-order valence-electron chi connectivity index (χ4n) is 4.31. The predicted molar refractivity (Wildman–Crippen MR) is 161 cm³/mol. The van der Waals surface area contributed by atoms with Gasteiger partial charge in [-0.15, -0.1) is 0 Å². The molecule has 3 aromatic carbocycles. The number of unbranched alkanes of at least 4 members (excludes halogenated alkanes) is 1. The number of hydrogen-bond donors (Lipinski definition) is 1. The van der Waals surface area contributed by atoms with Gasteiger partial charge < -0.3 is 10.2 Å². The molecule has 0 fully saturated rings. The largest absolute Gasteiger partial charge is 0.354 e. The van der Waals surface area contributed by atoms with Crippen LogP contribution in [0.1, 0.15) is 44.2 Å². The third-order valence-corrected chi connectivity index (χ3v) is 9.21. The van der Waals surface area contributed by atoms with Crippen LogP contribution >= 0.6 is 23.2 Å². The first-order chi connectivity index (χ1) is 19.1. The minimum Gasteiger partial charge on any atom is -0.354 e. The molecule has 1 N–H and O–H groups in total. The monoisotopic (exact) mass is 603 g/mol. The van der Waals surface area contributed by atoms with Gasteiger partial charge in [-0.05, 0) is 55.2 Å². The van der Waals surface area contributed by atoms with Crippen LogP contribution in [0.2, 0.25) is 10.0 Å².